The zero-order chi connectivity index (χ0) is 25.4. The van der Waals surface area contributed by atoms with E-state index in [-0.39, 0.29) is 5.91 Å². The molecule has 0 atom stereocenters. The van der Waals surface area contributed by atoms with Crippen LogP contribution in [0.4, 0.5) is 5.82 Å². The van der Waals surface area contributed by atoms with Crippen molar-refractivity contribution in [3.05, 3.63) is 92.3 Å². The van der Waals surface area contributed by atoms with E-state index in [0.29, 0.717) is 38.1 Å². The lowest BCUT2D eigenvalue weighted by molar-refractivity contribution is 0.102. The molecule has 0 saturated heterocycles. The van der Waals surface area contributed by atoms with Crippen molar-refractivity contribution < 1.29 is 4.79 Å². The normalized spacial score (nSPS) is 11.2. The van der Waals surface area contributed by atoms with Crippen molar-refractivity contribution in [2.75, 3.05) is 5.32 Å². The van der Waals surface area contributed by atoms with Gasteiger partial charge in [0.2, 0.25) is 0 Å². The van der Waals surface area contributed by atoms with Crippen LogP contribution in [0.2, 0.25) is 10.0 Å². The van der Waals surface area contributed by atoms with Crippen LogP contribution in [0.1, 0.15) is 28.5 Å². The molecule has 0 spiro atoms. The van der Waals surface area contributed by atoms with Crippen molar-refractivity contribution in [3.8, 4) is 11.3 Å². The van der Waals surface area contributed by atoms with Gasteiger partial charge >= 0.3 is 0 Å². The van der Waals surface area contributed by atoms with Gasteiger partial charge in [0.25, 0.3) is 5.91 Å². The molecule has 1 amide bonds. The first-order valence-corrected chi connectivity index (χ1v) is 12.8. The van der Waals surface area contributed by atoms with Crippen LogP contribution in [0.25, 0.3) is 22.2 Å². The van der Waals surface area contributed by atoms with Gasteiger partial charge in [-0.05, 0) is 59.6 Å². The number of hydrogen-bond donors (Lipinski definition) is 1. The number of aromatic nitrogens is 5. The van der Waals surface area contributed by atoms with E-state index in [1.165, 1.54) is 0 Å². The minimum Gasteiger partial charge on any atom is -0.304 e. The van der Waals surface area contributed by atoms with E-state index in [4.69, 9.17) is 28.2 Å². The van der Waals surface area contributed by atoms with Gasteiger partial charge in [0, 0.05) is 39.4 Å². The number of pyridine rings is 1. The Morgan fingerprint density at radius 1 is 1.14 bits per heavy atom. The quantitative estimate of drug-likeness (QED) is 0.233. The van der Waals surface area contributed by atoms with Crippen LogP contribution in [0.5, 0.6) is 0 Å². The summed E-state index contributed by atoms with van der Waals surface area (Å²) in [6, 6.07) is 14.7. The minimum atomic E-state index is -0.286. The lowest BCUT2D eigenvalue weighted by atomic mass is 10.0. The number of halogens is 3. The highest BCUT2D eigenvalue weighted by Crippen LogP contribution is 2.29. The van der Waals surface area contributed by atoms with Crippen LogP contribution in [0, 0.1) is 6.92 Å². The highest BCUT2D eigenvalue weighted by Gasteiger charge is 2.19. The number of benzene rings is 2. The first kappa shape index (κ1) is 24.5. The number of fused-ring (bicyclic) bond motifs is 1. The maximum absolute atomic E-state index is 13.5. The van der Waals surface area contributed by atoms with Gasteiger partial charge in [-0.2, -0.15) is 10.2 Å². The number of carbonyl (C=O) groups is 1. The fraction of sp³-hybridized carbons (Fsp3) is 0.154. The molecule has 0 aliphatic heterocycles. The fourth-order valence-electron chi connectivity index (χ4n) is 4.08. The third-order valence-electron chi connectivity index (χ3n) is 5.94. The van der Waals surface area contributed by atoms with Gasteiger partial charge in [0.15, 0.2) is 5.82 Å². The molecular formula is C26H21BrCl2N6O. The Bertz CT molecular complexity index is 1610. The average Bonchev–Trinajstić information content (AvgIpc) is 3.41. The van der Waals surface area contributed by atoms with Crippen LogP contribution in [-0.4, -0.2) is 30.5 Å². The molecule has 7 nitrogen and oxygen atoms in total. The van der Waals surface area contributed by atoms with E-state index in [2.05, 4.69) is 31.4 Å². The SMILES string of the molecule is CCn1ncc(-c2cc(C(=O)Nc3nn(Cc4ccc(Cl)cc4Cl)cc3Br)c3ccccc3n2)c1C. The second-order valence-electron chi connectivity index (χ2n) is 8.24. The predicted molar refractivity (Wildman–Crippen MR) is 147 cm³/mol. The maximum Gasteiger partial charge on any atom is 0.257 e. The Kier molecular flexibility index (Phi) is 6.83. The Labute approximate surface area is 226 Å². The number of aryl methyl sites for hydroxylation is 1. The minimum absolute atomic E-state index is 0.286. The third kappa shape index (κ3) is 4.76. The summed E-state index contributed by atoms with van der Waals surface area (Å²) in [5, 5.41) is 13.8. The molecule has 0 unspecified atom stereocenters. The van der Waals surface area contributed by atoms with Crippen LogP contribution in [0.15, 0.2) is 65.4 Å². The predicted octanol–water partition coefficient (Wildman–Crippen LogP) is 6.99. The fourth-order valence-corrected chi connectivity index (χ4v) is 4.96. The van der Waals surface area contributed by atoms with Gasteiger partial charge < -0.3 is 5.32 Å². The Hall–Kier alpha value is -3.20. The van der Waals surface area contributed by atoms with E-state index in [0.717, 1.165) is 34.3 Å². The smallest absolute Gasteiger partial charge is 0.257 e. The Morgan fingerprint density at radius 3 is 2.69 bits per heavy atom. The lowest BCUT2D eigenvalue weighted by Crippen LogP contribution is -2.14. The topological polar surface area (TPSA) is 77.6 Å². The number of para-hydroxylation sites is 1. The van der Waals surface area contributed by atoms with E-state index in [1.54, 1.807) is 35.3 Å². The summed E-state index contributed by atoms with van der Waals surface area (Å²) in [5.41, 5.74) is 4.67. The molecule has 0 saturated carbocycles. The summed E-state index contributed by atoms with van der Waals surface area (Å²) in [7, 11) is 0. The van der Waals surface area contributed by atoms with Gasteiger partial charge in [0.05, 0.1) is 34.0 Å². The van der Waals surface area contributed by atoms with E-state index in [1.807, 2.05) is 48.9 Å². The molecule has 0 fully saturated rings. The first-order chi connectivity index (χ1) is 17.3. The zero-order valence-electron chi connectivity index (χ0n) is 19.5. The molecule has 2 aromatic carbocycles. The van der Waals surface area contributed by atoms with Crippen LogP contribution in [0.3, 0.4) is 0 Å². The molecule has 0 bridgehead atoms. The summed E-state index contributed by atoms with van der Waals surface area (Å²) in [5.74, 6) is 0.119. The molecule has 5 rings (SSSR count). The molecule has 1 N–H and O–H groups in total. The van der Waals surface area contributed by atoms with E-state index < -0.39 is 0 Å². The number of rotatable bonds is 6. The van der Waals surface area contributed by atoms with E-state index >= 15 is 0 Å². The van der Waals surface area contributed by atoms with Gasteiger partial charge in [-0.15, -0.1) is 0 Å². The van der Waals surface area contributed by atoms with Gasteiger partial charge in [-0.1, -0.05) is 47.5 Å². The average molecular weight is 584 g/mol. The van der Waals surface area contributed by atoms with E-state index in [9.17, 15) is 4.79 Å². The van der Waals surface area contributed by atoms with Crippen molar-refractivity contribution in [2.24, 2.45) is 0 Å². The summed E-state index contributed by atoms with van der Waals surface area (Å²) in [6.45, 7) is 5.21. The molecule has 0 aliphatic carbocycles. The largest absolute Gasteiger partial charge is 0.304 e. The number of hydrogen-bond acceptors (Lipinski definition) is 4. The summed E-state index contributed by atoms with van der Waals surface area (Å²) < 4.78 is 4.26. The van der Waals surface area contributed by atoms with Crippen molar-refractivity contribution in [3.63, 3.8) is 0 Å². The van der Waals surface area contributed by atoms with Crippen molar-refractivity contribution in [2.45, 2.75) is 26.9 Å². The van der Waals surface area contributed by atoms with Crippen LogP contribution < -0.4 is 5.32 Å². The summed E-state index contributed by atoms with van der Waals surface area (Å²) in [6.07, 6.45) is 3.58. The second-order valence-corrected chi connectivity index (χ2v) is 9.94. The molecule has 3 aromatic heterocycles. The number of carbonyl (C=O) groups excluding carboxylic acids is 1. The molecule has 0 aliphatic rings. The van der Waals surface area contributed by atoms with Crippen molar-refractivity contribution >= 4 is 61.8 Å². The maximum atomic E-state index is 13.5. The Balaban J connectivity index is 1.47. The monoisotopic (exact) mass is 582 g/mol. The van der Waals surface area contributed by atoms with Crippen molar-refractivity contribution in [1.29, 1.82) is 0 Å². The standard InChI is InChI=1S/C26H21BrCl2N6O/c1-3-35-15(2)20(12-30-35)24-11-19(18-6-4-5-7-23(18)31-24)26(36)32-25-21(27)14-34(33-25)13-16-8-9-17(28)10-22(16)29/h4-12,14H,3,13H2,1-2H3,(H,32,33,36). The van der Waals surface area contributed by atoms with Gasteiger partial charge in [0.1, 0.15) is 0 Å². The van der Waals surface area contributed by atoms with Crippen LogP contribution in [-0.2, 0) is 13.1 Å². The number of anilines is 1. The first-order valence-electron chi connectivity index (χ1n) is 11.2. The molecule has 36 heavy (non-hydrogen) atoms. The lowest BCUT2D eigenvalue weighted by Gasteiger charge is -2.10. The van der Waals surface area contributed by atoms with Gasteiger partial charge in [-0.25, -0.2) is 4.98 Å². The molecule has 5 aromatic rings. The number of nitrogens with one attached hydrogen (secondary N) is 1. The highest BCUT2D eigenvalue weighted by atomic mass is 79.9. The second kappa shape index (κ2) is 10.0. The molecule has 0 radical (unpaired) electrons. The molecule has 10 heteroatoms. The number of nitrogens with zero attached hydrogens (tertiary/aromatic N) is 5. The molecule has 182 valence electrons. The van der Waals surface area contributed by atoms with Crippen LogP contribution >= 0.6 is 39.1 Å². The number of amides is 1. The Morgan fingerprint density at radius 2 is 1.94 bits per heavy atom. The highest BCUT2D eigenvalue weighted by molar-refractivity contribution is 9.10. The molecule has 3 heterocycles. The van der Waals surface area contributed by atoms with Crippen molar-refractivity contribution in [1.82, 2.24) is 24.5 Å². The summed E-state index contributed by atoms with van der Waals surface area (Å²) >= 11 is 15.8. The molecular weight excluding hydrogens is 563 g/mol. The summed E-state index contributed by atoms with van der Waals surface area (Å²) in [4.78, 5) is 18.3. The zero-order valence-corrected chi connectivity index (χ0v) is 22.6. The third-order valence-corrected chi connectivity index (χ3v) is 7.10. The van der Waals surface area contributed by atoms with Gasteiger partial charge in [-0.3, -0.25) is 14.2 Å².